The summed E-state index contributed by atoms with van der Waals surface area (Å²) in [6, 6.07) is 4.28. The lowest BCUT2D eigenvalue weighted by Crippen LogP contribution is -2.41. The predicted octanol–water partition coefficient (Wildman–Crippen LogP) is 1.33. The second-order valence-corrected chi connectivity index (χ2v) is 4.96. The lowest BCUT2D eigenvalue weighted by atomic mass is 10.1. The number of nitrogen functional groups attached to an aromatic ring is 1. The van der Waals surface area contributed by atoms with Gasteiger partial charge < -0.3 is 15.8 Å². The van der Waals surface area contributed by atoms with Crippen LogP contribution in [0, 0.1) is 0 Å². The Morgan fingerprint density at radius 3 is 2.68 bits per heavy atom. The first-order chi connectivity index (χ1) is 8.99. The molecule has 0 aliphatic carbocycles. The van der Waals surface area contributed by atoms with Gasteiger partial charge in [-0.2, -0.15) is 11.8 Å². The van der Waals surface area contributed by atoms with Crippen molar-refractivity contribution in [2.75, 3.05) is 24.9 Å². The second-order valence-electron chi connectivity index (χ2n) is 4.05. The van der Waals surface area contributed by atoms with E-state index in [2.05, 4.69) is 5.32 Å². The Hall–Kier alpha value is -1.69. The van der Waals surface area contributed by atoms with Crippen LogP contribution in [0.3, 0.4) is 0 Å². The molecule has 3 N–H and O–H groups in total. The maximum Gasteiger partial charge on any atom is 0.252 e. The molecule has 5 nitrogen and oxygen atoms in total. The third kappa shape index (κ3) is 4.17. The van der Waals surface area contributed by atoms with Gasteiger partial charge >= 0.3 is 0 Å². The van der Waals surface area contributed by atoms with Crippen LogP contribution >= 0.6 is 11.8 Å². The highest BCUT2D eigenvalue weighted by molar-refractivity contribution is 7.98. The summed E-state index contributed by atoms with van der Waals surface area (Å²) < 4.78 is 5.06. The zero-order chi connectivity index (χ0) is 14.4. The molecule has 0 unspecified atom stereocenters. The van der Waals surface area contributed by atoms with Gasteiger partial charge in [-0.3, -0.25) is 9.59 Å². The average Bonchev–Trinajstić information content (AvgIpc) is 2.38. The van der Waals surface area contributed by atoms with Crippen molar-refractivity contribution in [3.8, 4) is 5.75 Å². The molecule has 1 amide bonds. The standard InChI is InChI=1S/C13H18N2O3S/c1-8(16)11(7-19-3)15-13(17)9-4-5-10(14)12(6-9)18-2/h4-6,11H,7,14H2,1-3H3,(H,15,17)/t11-/m0/s1. The minimum atomic E-state index is -0.481. The fourth-order valence-electron chi connectivity index (χ4n) is 1.52. The van der Waals surface area contributed by atoms with E-state index in [1.165, 1.54) is 25.8 Å². The smallest absolute Gasteiger partial charge is 0.252 e. The van der Waals surface area contributed by atoms with E-state index >= 15 is 0 Å². The van der Waals surface area contributed by atoms with Crippen molar-refractivity contribution in [3.05, 3.63) is 23.8 Å². The summed E-state index contributed by atoms with van der Waals surface area (Å²) in [5, 5.41) is 2.70. The normalized spacial score (nSPS) is 11.7. The number of carbonyl (C=O) groups is 2. The van der Waals surface area contributed by atoms with Crippen molar-refractivity contribution in [1.82, 2.24) is 5.32 Å². The Labute approximate surface area is 116 Å². The maximum absolute atomic E-state index is 12.0. The van der Waals surface area contributed by atoms with Crippen LogP contribution in [0.5, 0.6) is 5.75 Å². The molecule has 0 fully saturated rings. The number of nitrogens with one attached hydrogen (secondary N) is 1. The number of hydrogen-bond acceptors (Lipinski definition) is 5. The van der Waals surface area contributed by atoms with Crippen molar-refractivity contribution in [3.63, 3.8) is 0 Å². The van der Waals surface area contributed by atoms with E-state index in [-0.39, 0.29) is 11.7 Å². The first kappa shape index (κ1) is 15.4. The summed E-state index contributed by atoms with van der Waals surface area (Å²) in [6.45, 7) is 1.46. The summed E-state index contributed by atoms with van der Waals surface area (Å²) in [4.78, 5) is 23.4. The number of carbonyl (C=O) groups excluding carboxylic acids is 2. The van der Waals surface area contributed by atoms with Gasteiger partial charge in [0, 0.05) is 11.3 Å². The molecule has 104 valence electrons. The van der Waals surface area contributed by atoms with Crippen LogP contribution in [0.1, 0.15) is 17.3 Å². The van der Waals surface area contributed by atoms with Gasteiger partial charge in [-0.05, 0) is 31.4 Å². The molecule has 0 radical (unpaired) electrons. The molecule has 1 rings (SSSR count). The third-order valence-electron chi connectivity index (χ3n) is 2.63. The molecule has 1 aromatic carbocycles. The van der Waals surface area contributed by atoms with Crippen molar-refractivity contribution >= 4 is 29.1 Å². The minimum Gasteiger partial charge on any atom is -0.495 e. The number of thioether (sulfide) groups is 1. The molecule has 0 aromatic heterocycles. The highest BCUT2D eigenvalue weighted by atomic mass is 32.2. The van der Waals surface area contributed by atoms with Crippen LogP contribution in [-0.2, 0) is 4.79 Å². The van der Waals surface area contributed by atoms with Crippen LogP contribution in [0.25, 0.3) is 0 Å². The molecular weight excluding hydrogens is 264 g/mol. The molecule has 0 saturated carbocycles. The molecule has 1 atom stereocenters. The second kappa shape index (κ2) is 7.04. The van der Waals surface area contributed by atoms with Gasteiger partial charge in [-0.1, -0.05) is 0 Å². The number of rotatable bonds is 6. The Balaban J connectivity index is 2.85. The van der Waals surface area contributed by atoms with Gasteiger partial charge in [0.15, 0.2) is 5.78 Å². The van der Waals surface area contributed by atoms with Gasteiger partial charge in [0.1, 0.15) is 5.75 Å². The SMILES string of the molecule is COc1cc(C(=O)N[C@@H](CSC)C(C)=O)ccc1N. The summed E-state index contributed by atoms with van der Waals surface area (Å²) in [6.07, 6.45) is 1.88. The van der Waals surface area contributed by atoms with Gasteiger partial charge in [0.25, 0.3) is 5.91 Å². The number of hydrogen-bond donors (Lipinski definition) is 2. The number of anilines is 1. The highest BCUT2D eigenvalue weighted by Crippen LogP contribution is 2.22. The maximum atomic E-state index is 12.0. The third-order valence-corrected chi connectivity index (χ3v) is 3.29. The van der Waals surface area contributed by atoms with E-state index in [9.17, 15) is 9.59 Å². The topological polar surface area (TPSA) is 81.4 Å². The number of ether oxygens (including phenoxy) is 1. The van der Waals surface area contributed by atoms with Gasteiger partial charge in [-0.25, -0.2) is 0 Å². The van der Waals surface area contributed by atoms with Crippen LogP contribution in [-0.4, -0.2) is 36.9 Å². The summed E-state index contributed by atoms with van der Waals surface area (Å²) >= 11 is 1.51. The molecule has 0 saturated heterocycles. The number of methoxy groups -OCH3 is 1. The Kier molecular flexibility index (Phi) is 5.69. The first-order valence-electron chi connectivity index (χ1n) is 5.73. The van der Waals surface area contributed by atoms with E-state index in [0.717, 1.165) is 0 Å². The lowest BCUT2D eigenvalue weighted by Gasteiger charge is -2.15. The van der Waals surface area contributed by atoms with E-state index in [1.54, 1.807) is 18.2 Å². The molecular formula is C13H18N2O3S. The van der Waals surface area contributed by atoms with Gasteiger partial charge in [-0.15, -0.1) is 0 Å². The van der Waals surface area contributed by atoms with Crippen molar-refractivity contribution in [2.24, 2.45) is 0 Å². The Morgan fingerprint density at radius 2 is 2.16 bits per heavy atom. The predicted molar refractivity (Wildman–Crippen MR) is 77.7 cm³/mol. The zero-order valence-electron chi connectivity index (χ0n) is 11.2. The zero-order valence-corrected chi connectivity index (χ0v) is 12.0. The average molecular weight is 282 g/mol. The molecule has 0 heterocycles. The fraction of sp³-hybridized carbons (Fsp3) is 0.385. The summed E-state index contributed by atoms with van der Waals surface area (Å²) in [7, 11) is 1.49. The monoisotopic (exact) mass is 282 g/mol. The number of benzene rings is 1. The van der Waals surface area contributed by atoms with E-state index < -0.39 is 6.04 Å². The molecule has 19 heavy (non-hydrogen) atoms. The number of amides is 1. The van der Waals surface area contributed by atoms with E-state index in [1.807, 2.05) is 6.26 Å². The van der Waals surface area contributed by atoms with Crippen LogP contribution in [0.2, 0.25) is 0 Å². The molecule has 0 bridgehead atoms. The lowest BCUT2D eigenvalue weighted by molar-refractivity contribution is -0.118. The molecule has 0 spiro atoms. The van der Waals surface area contributed by atoms with E-state index in [0.29, 0.717) is 22.8 Å². The number of nitrogens with two attached hydrogens (primary N) is 1. The van der Waals surface area contributed by atoms with Crippen molar-refractivity contribution in [2.45, 2.75) is 13.0 Å². The van der Waals surface area contributed by atoms with E-state index in [4.69, 9.17) is 10.5 Å². The fourth-order valence-corrected chi connectivity index (χ4v) is 2.17. The van der Waals surface area contributed by atoms with Crippen LogP contribution < -0.4 is 15.8 Å². The molecule has 0 aliphatic heterocycles. The molecule has 6 heteroatoms. The molecule has 1 aromatic rings. The molecule has 0 aliphatic rings. The largest absolute Gasteiger partial charge is 0.495 e. The minimum absolute atomic E-state index is 0.0647. The Bertz CT molecular complexity index is 477. The van der Waals surface area contributed by atoms with Crippen LogP contribution in [0.4, 0.5) is 5.69 Å². The highest BCUT2D eigenvalue weighted by Gasteiger charge is 2.18. The van der Waals surface area contributed by atoms with Gasteiger partial charge in [0.05, 0.1) is 18.8 Å². The number of ketones is 1. The first-order valence-corrected chi connectivity index (χ1v) is 7.12. The quantitative estimate of drug-likeness (QED) is 0.769. The Morgan fingerprint density at radius 1 is 1.47 bits per heavy atom. The summed E-state index contributed by atoms with van der Waals surface area (Å²) in [5.41, 5.74) is 6.56. The summed E-state index contributed by atoms with van der Waals surface area (Å²) in [5.74, 6) is 0.613. The van der Waals surface area contributed by atoms with Crippen molar-refractivity contribution < 1.29 is 14.3 Å². The van der Waals surface area contributed by atoms with Crippen LogP contribution in [0.15, 0.2) is 18.2 Å². The van der Waals surface area contributed by atoms with Gasteiger partial charge in [0.2, 0.25) is 0 Å². The number of Topliss-reactive ketones (excluding diaryl/α,β-unsaturated/α-hetero) is 1. The van der Waals surface area contributed by atoms with Crippen molar-refractivity contribution in [1.29, 1.82) is 0 Å².